The Labute approximate surface area is 128 Å². The second-order valence-corrected chi connectivity index (χ2v) is 5.08. The van der Waals surface area contributed by atoms with Crippen LogP contribution >= 0.6 is 0 Å². The fourth-order valence-corrected chi connectivity index (χ4v) is 2.26. The molecule has 0 saturated carbocycles. The van der Waals surface area contributed by atoms with Crippen molar-refractivity contribution in [3.8, 4) is 0 Å². The van der Waals surface area contributed by atoms with Gasteiger partial charge in [-0.1, -0.05) is 0 Å². The van der Waals surface area contributed by atoms with Crippen molar-refractivity contribution in [2.45, 2.75) is 31.9 Å². The van der Waals surface area contributed by atoms with Gasteiger partial charge < -0.3 is 10.1 Å². The lowest BCUT2D eigenvalue weighted by molar-refractivity contribution is 0.00940. The molecule has 1 atom stereocenters. The standard InChI is InChI=1S/C15H17N5O2/c21-15(12-10-16-4-5-17-12)20-9-11-7-18-14(19-8-11)13-3-1-2-6-22-13/h4-5,7-8,10,13H,1-3,6,9H2,(H,20,21). The van der Waals surface area contributed by atoms with Crippen molar-refractivity contribution in [1.29, 1.82) is 0 Å². The number of aromatic nitrogens is 4. The van der Waals surface area contributed by atoms with Crippen LogP contribution in [0.1, 0.15) is 47.2 Å². The van der Waals surface area contributed by atoms with E-state index in [0.29, 0.717) is 12.4 Å². The molecule has 1 fully saturated rings. The summed E-state index contributed by atoms with van der Waals surface area (Å²) in [6.45, 7) is 1.12. The Kier molecular flexibility index (Phi) is 4.65. The van der Waals surface area contributed by atoms with Gasteiger partial charge in [-0.2, -0.15) is 0 Å². The Morgan fingerprint density at radius 1 is 1.18 bits per heavy atom. The second kappa shape index (κ2) is 7.04. The van der Waals surface area contributed by atoms with Gasteiger partial charge in [0.05, 0.1) is 6.20 Å². The average Bonchev–Trinajstić information content (AvgIpc) is 2.61. The molecule has 3 rings (SSSR count). The summed E-state index contributed by atoms with van der Waals surface area (Å²) in [5, 5.41) is 2.76. The average molecular weight is 299 g/mol. The van der Waals surface area contributed by atoms with Gasteiger partial charge in [0.15, 0.2) is 5.82 Å². The molecule has 2 aromatic rings. The third-order valence-electron chi connectivity index (χ3n) is 3.44. The number of amides is 1. The van der Waals surface area contributed by atoms with E-state index in [0.717, 1.165) is 31.4 Å². The minimum atomic E-state index is -0.271. The molecular weight excluding hydrogens is 282 g/mol. The summed E-state index contributed by atoms with van der Waals surface area (Å²) >= 11 is 0. The number of nitrogens with one attached hydrogen (secondary N) is 1. The van der Waals surface area contributed by atoms with Crippen molar-refractivity contribution in [3.05, 3.63) is 48.1 Å². The molecule has 1 aliphatic rings. The van der Waals surface area contributed by atoms with Crippen LogP contribution in [0.4, 0.5) is 0 Å². The zero-order chi connectivity index (χ0) is 15.2. The summed E-state index contributed by atoms with van der Waals surface area (Å²) in [6, 6.07) is 0. The summed E-state index contributed by atoms with van der Waals surface area (Å²) in [5.41, 5.74) is 1.12. The molecule has 7 nitrogen and oxygen atoms in total. The lowest BCUT2D eigenvalue weighted by Crippen LogP contribution is -2.24. The van der Waals surface area contributed by atoms with Gasteiger partial charge in [0.1, 0.15) is 11.8 Å². The lowest BCUT2D eigenvalue weighted by Gasteiger charge is -2.21. The molecule has 1 saturated heterocycles. The topological polar surface area (TPSA) is 89.9 Å². The van der Waals surface area contributed by atoms with Gasteiger partial charge in [0.2, 0.25) is 0 Å². The Morgan fingerprint density at radius 2 is 2.05 bits per heavy atom. The smallest absolute Gasteiger partial charge is 0.271 e. The van der Waals surface area contributed by atoms with Gasteiger partial charge in [-0.05, 0) is 19.3 Å². The first-order valence-corrected chi connectivity index (χ1v) is 7.29. The molecule has 0 radical (unpaired) electrons. The lowest BCUT2D eigenvalue weighted by atomic mass is 10.1. The van der Waals surface area contributed by atoms with E-state index >= 15 is 0 Å². The fourth-order valence-electron chi connectivity index (χ4n) is 2.26. The van der Waals surface area contributed by atoms with E-state index in [-0.39, 0.29) is 17.7 Å². The molecule has 1 amide bonds. The SMILES string of the molecule is O=C(NCc1cnc(C2CCCCO2)nc1)c1cnccn1. The maximum atomic E-state index is 11.9. The third-order valence-corrected chi connectivity index (χ3v) is 3.44. The van der Waals surface area contributed by atoms with E-state index in [1.165, 1.54) is 18.6 Å². The molecule has 1 N–H and O–H groups in total. The van der Waals surface area contributed by atoms with E-state index in [1.54, 1.807) is 12.4 Å². The van der Waals surface area contributed by atoms with Gasteiger partial charge in [-0.15, -0.1) is 0 Å². The molecule has 1 unspecified atom stereocenters. The fraction of sp³-hybridized carbons (Fsp3) is 0.400. The largest absolute Gasteiger partial charge is 0.370 e. The monoisotopic (exact) mass is 299 g/mol. The van der Waals surface area contributed by atoms with Crippen LogP contribution in [0, 0.1) is 0 Å². The van der Waals surface area contributed by atoms with Gasteiger partial charge >= 0.3 is 0 Å². The minimum absolute atomic E-state index is 0.00279. The van der Waals surface area contributed by atoms with Gasteiger partial charge in [0.25, 0.3) is 5.91 Å². The summed E-state index contributed by atoms with van der Waals surface area (Å²) < 4.78 is 5.65. The third kappa shape index (κ3) is 3.62. The zero-order valence-electron chi connectivity index (χ0n) is 12.1. The number of carbonyl (C=O) groups excluding carboxylic acids is 1. The predicted molar refractivity (Wildman–Crippen MR) is 77.8 cm³/mol. The molecule has 0 aliphatic carbocycles. The highest BCUT2D eigenvalue weighted by Gasteiger charge is 2.18. The zero-order valence-corrected chi connectivity index (χ0v) is 12.1. The van der Waals surface area contributed by atoms with Crippen LogP contribution in [0.5, 0.6) is 0 Å². The number of nitrogens with zero attached hydrogens (tertiary/aromatic N) is 4. The Morgan fingerprint density at radius 3 is 2.73 bits per heavy atom. The number of carbonyl (C=O) groups is 1. The van der Waals surface area contributed by atoms with Crippen LogP contribution in [0.25, 0.3) is 0 Å². The molecule has 114 valence electrons. The highest BCUT2D eigenvalue weighted by atomic mass is 16.5. The summed E-state index contributed by atoms with van der Waals surface area (Å²) in [5.74, 6) is 0.441. The molecular formula is C15H17N5O2. The van der Waals surface area contributed by atoms with Crippen molar-refractivity contribution in [2.24, 2.45) is 0 Å². The first-order chi connectivity index (χ1) is 10.8. The molecule has 0 bridgehead atoms. The van der Waals surface area contributed by atoms with Crippen molar-refractivity contribution in [1.82, 2.24) is 25.3 Å². The van der Waals surface area contributed by atoms with Gasteiger partial charge in [-0.3, -0.25) is 9.78 Å². The second-order valence-electron chi connectivity index (χ2n) is 5.08. The van der Waals surface area contributed by atoms with E-state index in [2.05, 4.69) is 25.3 Å². The van der Waals surface area contributed by atoms with Gasteiger partial charge in [-0.25, -0.2) is 15.0 Å². The molecule has 1 aliphatic heterocycles. The maximum Gasteiger partial charge on any atom is 0.271 e. The molecule has 2 aromatic heterocycles. The number of ether oxygens (including phenoxy) is 1. The van der Waals surface area contributed by atoms with Crippen LogP contribution in [-0.4, -0.2) is 32.4 Å². The Balaban J connectivity index is 1.56. The molecule has 3 heterocycles. The maximum absolute atomic E-state index is 11.9. The highest BCUT2D eigenvalue weighted by molar-refractivity contribution is 5.91. The number of rotatable bonds is 4. The Bertz CT molecular complexity index is 612. The van der Waals surface area contributed by atoms with Crippen molar-refractivity contribution in [2.75, 3.05) is 6.61 Å². The highest BCUT2D eigenvalue weighted by Crippen LogP contribution is 2.24. The van der Waals surface area contributed by atoms with Crippen LogP contribution in [0.2, 0.25) is 0 Å². The summed E-state index contributed by atoms with van der Waals surface area (Å²) in [6.07, 6.45) is 11.1. The van der Waals surface area contributed by atoms with E-state index in [4.69, 9.17) is 4.74 Å². The van der Waals surface area contributed by atoms with Crippen LogP contribution in [0.3, 0.4) is 0 Å². The van der Waals surface area contributed by atoms with Crippen molar-refractivity contribution < 1.29 is 9.53 Å². The molecule has 0 spiro atoms. The van der Waals surface area contributed by atoms with E-state index < -0.39 is 0 Å². The number of hydrogen-bond donors (Lipinski definition) is 1. The minimum Gasteiger partial charge on any atom is -0.370 e. The normalized spacial score (nSPS) is 17.9. The van der Waals surface area contributed by atoms with Gasteiger partial charge in [0, 0.05) is 43.5 Å². The van der Waals surface area contributed by atoms with Crippen LogP contribution in [0.15, 0.2) is 31.0 Å². The van der Waals surface area contributed by atoms with E-state index in [1.807, 2.05) is 0 Å². The van der Waals surface area contributed by atoms with Crippen LogP contribution in [-0.2, 0) is 11.3 Å². The first kappa shape index (κ1) is 14.5. The van der Waals surface area contributed by atoms with Crippen molar-refractivity contribution >= 4 is 5.91 Å². The van der Waals surface area contributed by atoms with Crippen LogP contribution < -0.4 is 5.32 Å². The van der Waals surface area contributed by atoms with Crippen molar-refractivity contribution in [3.63, 3.8) is 0 Å². The Hall–Kier alpha value is -2.41. The molecule has 22 heavy (non-hydrogen) atoms. The quantitative estimate of drug-likeness (QED) is 0.918. The molecule has 0 aromatic carbocycles. The summed E-state index contributed by atoms with van der Waals surface area (Å²) in [7, 11) is 0. The summed E-state index contributed by atoms with van der Waals surface area (Å²) in [4.78, 5) is 28.3. The van der Waals surface area contributed by atoms with E-state index in [9.17, 15) is 4.79 Å². The predicted octanol–water partition coefficient (Wildman–Crippen LogP) is 1.44. The molecule has 7 heteroatoms. The number of hydrogen-bond acceptors (Lipinski definition) is 6. The first-order valence-electron chi connectivity index (χ1n) is 7.29.